The van der Waals surface area contributed by atoms with Gasteiger partial charge in [-0.05, 0) is 19.9 Å². The fraction of sp³-hybridized carbons (Fsp3) is 0.583. The molecule has 1 saturated heterocycles. The van der Waals surface area contributed by atoms with Crippen molar-refractivity contribution in [3.05, 3.63) is 30.1 Å². The molecule has 13 heteroatoms. The average Bonchev–Trinajstić information content (AvgIpc) is 2.80. The average molecular weight is 589 g/mol. The molecule has 0 bridgehead atoms. The highest BCUT2D eigenvalue weighted by Crippen LogP contribution is 2.32. The summed E-state index contributed by atoms with van der Waals surface area (Å²) < 4.78 is 29.0. The molecule has 0 spiro atoms. The molecule has 0 aromatic carbocycles. The third kappa shape index (κ3) is 8.78. The highest BCUT2D eigenvalue weighted by atomic mass is 79.9. The number of rotatable bonds is 9. The first kappa shape index (κ1) is 32.0. The minimum atomic E-state index is -1.30. The van der Waals surface area contributed by atoms with Gasteiger partial charge in [0.25, 0.3) is 5.91 Å². The van der Waals surface area contributed by atoms with Crippen molar-refractivity contribution < 1.29 is 69.2 Å². The van der Waals surface area contributed by atoms with Gasteiger partial charge in [-0.3, -0.25) is 24.0 Å². The maximum Gasteiger partial charge on any atom is 0.304 e. The van der Waals surface area contributed by atoms with Crippen LogP contribution >= 0.6 is 0 Å². The molecule has 1 aromatic heterocycles. The highest BCUT2D eigenvalue weighted by molar-refractivity contribution is 5.93. The SMILES string of the molecule is CCN(CC)C(=O)c1ccc[n+]([C@@H]2O[C@H](COC(C)=O)[C@@H](OC(C)=O)[C@H](OC(C)=O)[C@H]2OC(C)=O)c1.[Br-]. The minimum absolute atomic E-state index is 0. The van der Waals surface area contributed by atoms with E-state index in [0.717, 1.165) is 13.8 Å². The van der Waals surface area contributed by atoms with Crippen LogP contribution in [0.1, 0.15) is 58.1 Å². The highest BCUT2D eigenvalue weighted by Gasteiger charge is 2.56. The summed E-state index contributed by atoms with van der Waals surface area (Å²) in [5, 5.41) is 0. The van der Waals surface area contributed by atoms with Crippen LogP contribution in [0.25, 0.3) is 0 Å². The van der Waals surface area contributed by atoms with Crippen LogP contribution in [0.2, 0.25) is 0 Å². The molecular formula is C24H33BrN2O10. The number of carbonyl (C=O) groups excluding carboxylic acids is 5. The van der Waals surface area contributed by atoms with Gasteiger partial charge >= 0.3 is 30.1 Å². The van der Waals surface area contributed by atoms with Crippen LogP contribution in [0.5, 0.6) is 0 Å². The van der Waals surface area contributed by atoms with Crippen LogP contribution in [0.15, 0.2) is 24.5 Å². The zero-order valence-electron chi connectivity index (χ0n) is 21.7. The van der Waals surface area contributed by atoms with Crippen LogP contribution in [0, 0.1) is 0 Å². The van der Waals surface area contributed by atoms with Crippen molar-refractivity contribution in [3.8, 4) is 0 Å². The number of halogens is 1. The van der Waals surface area contributed by atoms with Crippen LogP contribution < -0.4 is 21.5 Å². The van der Waals surface area contributed by atoms with Crippen LogP contribution in [-0.2, 0) is 42.9 Å². The first-order valence-corrected chi connectivity index (χ1v) is 11.6. The van der Waals surface area contributed by atoms with Crippen molar-refractivity contribution in [2.75, 3.05) is 19.7 Å². The Labute approximate surface area is 225 Å². The smallest absolute Gasteiger partial charge is 0.304 e. The summed E-state index contributed by atoms with van der Waals surface area (Å²) >= 11 is 0. The van der Waals surface area contributed by atoms with Crippen molar-refractivity contribution >= 4 is 29.8 Å². The zero-order valence-corrected chi connectivity index (χ0v) is 23.3. The first-order chi connectivity index (χ1) is 17.0. The molecule has 37 heavy (non-hydrogen) atoms. The van der Waals surface area contributed by atoms with Crippen LogP contribution in [0.4, 0.5) is 0 Å². The lowest BCUT2D eigenvalue weighted by molar-refractivity contribution is -0.777. The van der Waals surface area contributed by atoms with E-state index in [1.807, 2.05) is 13.8 Å². The Hall–Kier alpha value is -3.06. The molecule has 0 unspecified atom stereocenters. The van der Waals surface area contributed by atoms with Gasteiger partial charge < -0.3 is 45.6 Å². The Morgan fingerprint density at radius 3 is 1.92 bits per heavy atom. The zero-order chi connectivity index (χ0) is 27.0. The van der Waals surface area contributed by atoms with Crippen molar-refractivity contribution in [1.82, 2.24) is 4.90 Å². The molecule has 1 aliphatic rings. The fourth-order valence-corrected chi connectivity index (χ4v) is 3.92. The second-order valence-electron chi connectivity index (χ2n) is 8.11. The van der Waals surface area contributed by atoms with Crippen LogP contribution in [0.3, 0.4) is 0 Å². The molecule has 0 saturated carbocycles. The standard InChI is InChI=1S/C24H33N2O10.BrH/c1-7-25(8-2)23(31)18-10-9-11-26(12-18)24-22(35-17(6)30)21(34-16(5)29)20(33-15(4)28)19(36-24)13-32-14(3)27;/h9-12,19-22,24H,7-8,13H2,1-6H3;1H/q+1;/p-1/t19-,20-,21+,22-,24-;/m1./s1. The lowest BCUT2D eigenvalue weighted by Crippen LogP contribution is -3.00. The topological polar surface area (TPSA) is 139 Å². The second-order valence-corrected chi connectivity index (χ2v) is 8.11. The Bertz CT molecular complexity index is 984. The van der Waals surface area contributed by atoms with Gasteiger partial charge in [-0.25, -0.2) is 0 Å². The van der Waals surface area contributed by atoms with Gasteiger partial charge in [-0.15, -0.1) is 0 Å². The van der Waals surface area contributed by atoms with Gasteiger partial charge in [0, 0.05) is 46.9 Å². The third-order valence-electron chi connectivity index (χ3n) is 5.38. The summed E-state index contributed by atoms with van der Waals surface area (Å²) in [5.41, 5.74) is 0.342. The van der Waals surface area contributed by atoms with Gasteiger partial charge in [0.2, 0.25) is 6.10 Å². The molecule has 1 aliphatic heterocycles. The second kappa shape index (κ2) is 14.6. The number of amides is 1. The van der Waals surface area contributed by atoms with Gasteiger partial charge in [-0.2, -0.15) is 4.57 Å². The van der Waals surface area contributed by atoms with Crippen molar-refractivity contribution in [1.29, 1.82) is 0 Å². The van der Waals surface area contributed by atoms with E-state index < -0.39 is 54.5 Å². The summed E-state index contributed by atoms with van der Waals surface area (Å²) in [6.07, 6.45) is -2.95. The van der Waals surface area contributed by atoms with Crippen LogP contribution in [-0.4, -0.2) is 78.8 Å². The minimum Gasteiger partial charge on any atom is -1.00 e. The Morgan fingerprint density at radius 2 is 1.41 bits per heavy atom. The van der Waals surface area contributed by atoms with Gasteiger partial charge in [0.05, 0.1) is 0 Å². The molecule has 2 heterocycles. The predicted molar refractivity (Wildman–Crippen MR) is 121 cm³/mol. The summed E-state index contributed by atoms with van der Waals surface area (Å²) in [5.74, 6) is -2.98. The number of hydrogen-bond acceptors (Lipinski definition) is 10. The molecule has 12 nitrogen and oxygen atoms in total. The van der Waals surface area contributed by atoms with E-state index >= 15 is 0 Å². The number of hydrogen-bond donors (Lipinski definition) is 0. The molecule has 1 aromatic rings. The summed E-state index contributed by atoms with van der Waals surface area (Å²) in [4.78, 5) is 61.9. The summed E-state index contributed by atoms with van der Waals surface area (Å²) in [7, 11) is 0. The molecule has 0 aliphatic carbocycles. The van der Waals surface area contributed by atoms with E-state index in [-0.39, 0.29) is 29.5 Å². The van der Waals surface area contributed by atoms with Gasteiger partial charge in [0.15, 0.2) is 24.6 Å². The fourth-order valence-electron chi connectivity index (χ4n) is 3.92. The number of ether oxygens (including phenoxy) is 5. The summed E-state index contributed by atoms with van der Waals surface area (Å²) in [6.45, 7) is 9.05. The lowest BCUT2D eigenvalue weighted by atomic mass is 9.97. The molecule has 0 N–H and O–H groups in total. The van der Waals surface area contributed by atoms with E-state index in [1.54, 1.807) is 23.2 Å². The molecule has 2 rings (SSSR count). The van der Waals surface area contributed by atoms with E-state index in [2.05, 4.69) is 0 Å². The van der Waals surface area contributed by atoms with E-state index in [4.69, 9.17) is 23.7 Å². The molecule has 5 atom stereocenters. The number of carbonyl (C=O) groups is 5. The molecule has 1 amide bonds. The van der Waals surface area contributed by atoms with Gasteiger partial charge in [0.1, 0.15) is 18.3 Å². The summed E-state index contributed by atoms with van der Waals surface area (Å²) in [6, 6.07) is 3.24. The Morgan fingerprint density at radius 1 is 0.865 bits per heavy atom. The Kier molecular flexibility index (Phi) is 12.6. The number of nitrogens with zero attached hydrogens (tertiary/aromatic N) is 2. The number of aromatic nitrogens is 1. The van der Waals surface area contributed by atoms with E-state index in [1.165, 1.54) is 24.6 Å². The molecule has 206 valence electrons. The third-order valence-corrected chi connectivity index (χ3v) is 5.38. The maximum absolute atomic E-state index is 12.9. The molecule has 0 radical (unpaired) electrons. The van der Waals surface area contributed by atoms with E-state index in [0.29, 0.717) is 18.7 Å². The monoisotopic (exact) mass is 588 g/mol. The van der Waals surface area contributed by atoms with E-state index in [9.17, 15) is 24.0 Å². The maximum atomic E-state index is 12.9. The molecular weight excluding hydrogens is 556 g/mol. The number of pyridine rings is 1. The van der Waals surface area contributed by atoms with Crippen molar-refractivity contribution in [3.63, 3.8) is 0 Å². The largest absolute Gasteiger partial charge is 1.00 e. The van der Waals surface area contributed by atoms with Gasteiger partial charge in [-0.1, -0.05) is 0 Å². The predicted octanol–water partition coefficient (Wildman–Crippen LogP) is -2.28. The Balaban J connectivity index is 0.00000684. The van der Waals surface area contributed by atoms with Crippen molar-refractivity contribution in [2.45, 2.75) is 72.2 Å². The molecule has 1 fully saturated rings. The normalized spacial score (nSPS) is 22.6. The quantitative estimate of drug-likeness (QED) is 0.176. The first-order valence-electron chi connectivity index (χ1n) is 11.6. The lowest BCUT2D eigenvalue weighted by Gasteiger charge is -2.41. The number of esters is 4. The van der Waals surface area contributed by atoms with Crippen molar-refractivity contribution in [2.24, 2.45) is 0 Å².